The van der Waals surface area contributed by atoms with Crippen molar-refractivity contribution in [1.82, 2.24) is 10.2 Å². The van der Waals surface area contributed by atoms with E-state index < -0.39 is 0 Å². The number of carbonyl (C=O) groups excluding carboxylic acids is 1. The Morgan fingerprint density at radius 1 is 0.938 bits per heavy atom. The highest BCUT2D eigenvalue weighted by Crippen LogP contribution is 2.36. The molecule has 0 atom stereocenters. The van der Waals surface area contributed by atoms with E-state index in [0.29, 0.717) is 18.5 Å². The van der Waals surface area contributed by atoms with Gasteiger partial charge >= 0.3 is 0 Å². The van der Waals surface area contributed by atoms with Crippen molar-refractivity contribution in [3.8, 4) is 5.75 Å². The molecular formula is C28H32N2O2. The normalized spacial score (nSPS) is 15.9. The Morgan fingerprint density at radius 3 is 2.25 bits per heavy atom. The van der Waals surface area contributed by atoms with Gasteiger partial charge in [-0.2, -0.15) is 0 Å². The molecule has 0 aliphatic carbocycles. The zero-order chi connectivity index (χ0) is 22.4. The lowest BCUT2D eigenvalue weighted by Gasteiger charge is -2.42. The number of aromatic hydroxyl groups is 1. The standard InChI is InChI=1S/C28H32N2O2/c1-2-23-12-9-15-25(31)26(23)27(32)29-21-28(24-13-7-4-8-14-24)16-18-30(19-17-28)20-22-10-5-3-6-11-22/h3-15,31H,2,16-21H2,1H3,(H,29,32). The molecule has 1 fully saturated rings. The van der Waals surface area contributed by atoms with E-state index in [1.807, 2.05) is 19.1 Å². The highest BCUT2D eigenvalue weighted by atomic mass is 16.3. The topological polar surface area (TPSA) is 52.6 Å². The highest BCUT2D eigenvalue weighted by molar-refractivity contribution is 5.98. The van der Waals surface area contributed by atoms with Crippen molar-refractivity contribution in [3.05, 3.63) is 101 Å². The van der Waals surface area contributed by atoms with Gasteiger partial charge in [0.2, 0.25) is 0 Å². The quantitative estimate of drug-likeness (QED) is 0.562. The molecular weight excluding hydrogens is 396 g/mol. The molecule has 1 amide bonds. The largest absolute Gasteiger partial charge is 0.507 e. The van der Waals surface area contributed by atoms with E-state index in [2.05, 4.69) is 64.8 Å². The van der Waals surface area contributed by atoms with Crippen molar-refractivity contribution in [2.75, 3.05) is 19.6 Å². The minimum Gasteiger partial charge on any atom is -0.507 e. The van der Waals surface area contributed by atoms with Crippen LogP contribution >= 0.6 is 0 Å². The number of amides is 1. The lowest BCUT2D eigenvalue weighted by atomic mass is 9.72. The van der Waals surface area contributed by atoms with Crippen molar-refractivity contribution in [1.29, 1.82) is 0 Å². The molecule has 4 nitrogen and oxygen atoms in total. The molecule has 0 bridgehead atoms. The Bertz CT molecular complexity index is 1030. The van der Waals surface area contributed by atoms with E-state index in [1.54, 1.807) is 12.1 Å². The number of piperidine rings is 1. The fourth-order valence-electron chi connectivity index (χ4n) is 4.82. The van der Waals surface area contributed by atoms with Crippen molar-refractivity contribution in [2.24, 2.45) is 0 Å². The van der Waals surface area contributed by atoms with Gasteiger partial charge < -0.3 is 10.4 Å². The van der Waals surface area contributed by atoms with E-state index in [4.69, 9.17) is 0 Å². The molecule has 2 N–H and O–H groups in total. The maximum atomic E-state index is 13.1. The minimum absolute atomic E-state index is 0.0493. The van der Waals surface area contributed by atoms with Crippen LogP contribution < -0.4 is 5.32 Å². The third kappa shape index (κ3) is 4.86. The first-order chi connectivity index (χ1) is 15.6. The zero-order valence-corrected chi connectivity index (χ0v) is 18.8. The van der Waals surface area contributed by atoms with Crippen molar-refractivity contribution < 1.29 is 9.90 Å². The highest BCUT2D eigenvalue weighted by Gasteiger charge is 2.36. The SMILES string of the molecule is CCc1cccc(O)c1C(=O)NCC1(c2ccccc2)CCN(Cc2ccccc2)CC1. The zero-order valence-electron chi connectivity index (χ0n) is 18.8. The first kappa shape index (κ1) is 22.1. The van der Waals surface area contributed by atoms with Gasteiger partial charge in [0, 0.05) is 18.5 Å². The minimum atomic E-state index is -0.193. The van der Waals surface area contributed by atoms with Gasteiger partial charge in [0.05, 0.1) is 5.56 Å². The number of likely N-dealkylation sites (tertiary alicyclic amines) is 1. The first-order valence-corrected chi connectivity index (χ1v) is 11.5. The van der Waals surface area contributed by atoms with Crippen molar-refractivity contribution in [3.63, 3.8) is 0 Å². The molecule has 0 saturated carbocycles. The van der Waals surface area contributed by atoms with Gasteiger partial charge in [0.1, 0.15) is 5.75 Å². The molecule has 1 heterocycles. The average Bonchev–Trinajstić information content (AvgIpc) is 2.84. The molecule has 1 saturated heterocycles. The summed E-state index contributed by atoms with van der Waals surface area (Å²) in [5.41, 5.74) is 3.77. The van der Waals surface area contributed by atoms with Crippen LogP contribution in [0.4, 0.5) is 0 Å². The number of hydrogen-bond acceptors (Lipinski definition) is 3. The predicted octanol–water partition coefficient (Wildman–Crippen LogP) is 4.92. The molecule has 4 rings (SSSR count). The molecule has 1 aliphatic rings. The number of carbonyl (C=O) groups is 1. The smallest absolute Gasteiger partial charge is 0.255 e. The molecule has 1 aliphatic heterocycles. The fourth-order valence-corrected chi connectivity index (χ4v) is 4.82. The van der Waals surface area contributed by atoms with Gasteiger partial charge in [-0.3, -0.25) is 9.69 Å². The fraction of sp³-hybridized carbons (Fsp3) is 0.321. The number of rotatable bonds is 7. The Hall–Kier alpha value is -3.11. The van der Waals surface area contributed by atoms with E-state index in [1.165, 1.54) is 11.1 Å². The average molecular weight is 429 g/mol. The van der Waals surface area contributed by atoms with Crippen LogP contribution in [0, 0.1) is 0 Å². The third-order valence-electron chi connectivity index (χ3n) is 6.77. The van der Waals surface area contributed by atoms with Gasteiger partial charge in [-0.05, 0) is 55.1 Å². The van der Waals surface area contributed by atoms with Gasteiger partial charge in [0.25, 0.3) is 5.91 Å². The summed E-state index contributed by atoms with van der Waals surface area (Å²) in [5, 5.41) is 13.5. The Morgan fingerprint density at radius 2 is 1.59 bits per heavy atom. The molecule has 0 spiro atoms. The number of hydrogen-bond donors (Lipinski definition) is 2. The Labute approximate surface area is 190 Å². The molecule has 32 heavy (non-hydrogen) atoms. The first-order valence-electron chi connectivity index (χ1n) is 11.5. The summed E-state index contributed by atoms with van der Waals surface area (Å²) >= 11 is 0. The Kier molecular flexibility index (Phi) is 6.91. The van der Waals surface area contributed by atoms with Crippen LogP contribution in [0.2, 0.25) is 0 Å². The van der Waals surface area contributed by atoms with Crippen LogP contribution in [0.1, 0.15) is 46.8 Å². The van der Waals surface area contributed by atoms with Crippen LogP contribution in [0.3, 0.4) is 0 Å². The lowest BCUT2D eigenvalue weighted by molar-refractivity contribution is 0.0916. The number of benzene rings is 3. The van der Waals surface area contributed by atoms with Gasteiger partial charge in [-0.1, -0.05) is 79.7 Å². The van der Waals surface area contributed by atoms with Crippen LogP contribution in [0.15, 0.2) is 78.9 Å². The summed E-state index contributed by atoms with van der Waals surface area (Å²) in [6.07, 6.45) is 2.66. The van der Waals surface area contributed by atoms with E-state index in [9.17, 15) is 9.90 Å². The second kappa shape index (κ2) is 10.0. The molecule has 3 aromatic carbocycles. The Balaban J connectivity index is 1.50. The predicted molar refractivity (Wildman–Crippen MR) is 129 cm³/mol. The van der Waals surface area contributed by atoms with Crippen molar-refractivity contribution >= 4 is 5.91 Å². The summed E-state index contributed by atoms with van der Waals surface area (Å²) in [6, 6.07) is 26.4. The second-order valence-corrected chi connectivity index (χ2v) is 8.76. The van der Waals surface area contributed by atoms with Gasteiger partial charge in [0.15, 0.2) is 0 Å². The van der Waals surface area contributed by atoms with E-state index >= 15 is 0 Å². The van der Waals surface area contributed by atoms with Crippen molar-refractivity contribution in [2.45, 2.75) is 38.1 Å². The summed E-state index contributed by atoms with van der Waals surface area (Å²) in [5.74, 6) is -0.143. The van der Waals surface area contributed by atoms with Gasteiger partial charge in [-0.15, -0.1) is 0 Å². The van der Waals surface area contributed by atoms with Crippen LogP contribution in [0.25, 0.3) is 0 Å². The van der Waals surface area contributed by atoms with Crippen LogP contribution in [-0.4, -0.2) is 35.5 Å². The maximum Gasteiger partial charge on any atom is 0.255 e. The number of phenols is 1. The number of aryl methyl sites for hydroxylation is 1. The molecule has 0 aromatic heterocycles. The third-order valence-corrected chi connectivity index (χ3v) is 6.77. The molecule has 166 valence electrons. The monoisotopic (exact) mass is 428 g/mol. The molecule has 0 radical (unpaired) electrons. The molecule has 3 aromatic rings. The van der Waals surface area contributed by atoms with E-state index in [0.717, 1.165) is 38.0 Å². The summed E-state index contributed by atoms with van der Waals surface area (Å²) in [6.45, 7) is 5.48. The molecule has 4 heteroatoms. The van der Waals surface area contributed by atoms with Crippen LogP contribution in [0.5, 0.6) is 5.75 Å². The number of nitrogens with zero attached hydrogens (tertiary/aromatic N) is 1. The van der Waals surface area contributed by atoms with Gasteiger partial charge in [-0.25, -0.2) is 0 Å². The number of phenolic OH excluding ortho intramolecular Hbond substituents is 1. The lowest BCUT2D eigenvalue weighted by Crippen LogP contribution is -2.48. The second-order valence-electron chi connectivity index (χ2n) is 8.76. The summed E-state index contributed by atoms with van der Waals surface area (Å²) in [4.78, 5) is 15.6. The molecule has 0 unspecified atom stereocenters. The summed E-state index contributed by atoms with van der Waals surface area (Å²) in [7, 11) is 0. The maximum absolute atomic E-state index is 13.1. The number of nitrogens with one attached hydrogen (secondary N) is 1. The van der Waals surface area contributed by atoms with Crippen LogP contribution in [-0.2, 0) is 18.4 Å². The summed E-state index contributed by atoms with van der Waals surface area (Å²) < 4.78 is 0. The van der Waals surface area contributed by atoms with E-state index in [-0.39, 0.29) is 17.1 Å².